The summed E-state index contributed by atoms with van der Waals surface area (Å²) in [6, 6.07) is 10.4. The van der Waals surface area contributed by atoms with Gasteiger partial charge in [0.25, 0.3) is 0 Å². The topological polar surface area (TPSA) is 79.6 Å². The molecule has 0 radical (unpaired) electrons. The zero-order valence-electron chi connectivity index (χ0n) is 19.5. The van der Waals surface area contributed by atoms with Crippen molar-refractivity contribution in [2.24, 2.45) is 12.0 Å². The van der Waals surface area contributed by atoms with Gasteiger partial charge in [-0.25, -0.2) is 4.99 Å². The Morgan fingerprint density at radius 2 is 1.81 bits per heavy atom. The maximum absolute atomic E-state index is 5.64. The number of hydrogen-bond donors (Lipinski definition) is 2. The first kappa shape index (κ1) is 22.7. The quantitative estimate of drug-likeness (QED) is 0.509. The van der Waals surface area contributed by atoms with Crippen molar-refractivity contribution in [1.82, 2.24) is 30.3 Å². The molecule has 174 valence electrons. The summed E-state index contributed by atoms with van der Waals surface area (Å²) < 4.78 is 7.65. The second kappa shape index (κ2) is 10.9. The predicted molar refractivity (Wildman–Crippen MR) is 126 cm³/mol. The molecule has 32 heavy (non-hydrogen) atoms. The third-order valence-electron chi connectivity index (χ3n) is 6.91. The second-order valence-electron chi connectivity index (χ2n) is 8.96. The van der Waals surface area contributed by atoms with Crippen molar-refractivity contribution in [3.63, 3.8) is 0 Å². The Morgan fingerprint density at radius 3 is 2.50 bits per heavy atom. The third-order valence-corrected chi connectivity index (χ3v) is 6.91. The van der Waals surface area contributed by atoms with E-state index in [9.17, 15) is 0 Å². The SMILES string of the molecule is Cc1nnc(CNC(=NCc2ccccc2)NCC2(N3CCOCC3)CCCCC2)n1C. The number of nitrogens with zero attached hydrogens (tertiary/aromatic N) is 5. The number of aliphatic imine (C=N–C) groups is 1. The van der Waals surface area contributed by atoms with Crippen LogP contribution < -0.4 is 10.6 Å². The number of nitrogens with one attached hydrogen (secondary N) is 2. The van der Waals surface area contributed by atoms with Crippen LogP contribution in [0.1, 0.15) is 49.3 Å². The lowest BCUT2D eigenvalue weighted by Gasteiger charge is -2.48. The Bertz CT molecular complexity index is 868. The summed E-state index contributed by atoms with van der Waals surface area (Å²) in [4.78, 5) is 7.56. The Kier molecular flexibility index (Phi) is 7.76. The first-order valence-electron chi connectivity index (χ1n) is 11.9. The van der Waals surface area contributed by atoms with E-state index in [1.54, 1.807) is 0 Å². The predicted octanol–water partition coefficient (Wildman–Crippen LogP) is 2.39. The van der Waals surface area contributed by atoms with Gasteiger partial charge in [0.15, 0.2) is 11.8 Å². The number of aromatic nitrogens is 3. The monoisotopic (exact) mass is 439 g/mol. The number of guanidine groups is 1. The van der Waals surface area contributed by atoms with Crippen molar-refractivity contribution in [1.29, 1.82) is 0 Å². The Balaban J connectivity index is 1.46. The van der Waals surface area contributed by atoms with Crippen molar-refractivity contribution in [2.45, 2.75) is 57.7 Å². The third kappa shape index (κ3) is 5.66. The van der Waals surface area contributed by atoms with Crippen LogP contribution in [0.4, 0.5) is 0 Å². The van der Waals surface area contributed by atoms with E-state index in [0.29, 0.717) is 13.1 Å². The number of hydrogen-bond acceptors (Lipinski definition) is 5. The molecule has 8 nitrogen and oxygen atoms in total. The molecule has 1 aromatic heterocycles. The molecule has 0 amide bonds. The Morgan fingerprint density at radius 1 is 1.06 bits per heavy atom. The highest BCUT2D eigenvalue weighted by molar-refractivity contribution is 5.79. The van der Waals surface area contributed by atoms with Gasteiger partial charge in [-0.2, -0.15) is 0 Å². The Hall–Kier alpha value is -2.45. The van der Waals surface area contributed by atoms with Gasteiger partial charge in [0.2, 0.25) is 0 Å². The average molecular weight is 440 g/mol. The average Bonchev–Trinajstić information content (AvgIpc) is 3.17. The lowest BCUT2D eigenvalue weighted by molar-refractivity contribution is -0.0352. The van der Waals surface area contributed by atoms with Crippen LogP contribution in [0.5, 0.6) is 0 Å². The summed E-state index contributed by atoms with van der Waals surface area (Å²) in [5.41, 5.74) is 1.38. The summed E-state index contributed by atoms with van der Waals surface area (Å²) in [6.07, 6.45) is 6.38. The minimum Gasteiger partial charge on any atom is -0.379 e. The van der Waals surface area contributed by atoms with E-state index >= 15 is 0 Å². The zero-order chi connectivity index (χ0) is 22.2. The lowest BCUT2D eigenvalue weighted by atomic mass is 9.80. The van der Waals surface area contributed by atoms with E-state index in [4.69, 9.17) is 9.73 Å². The van der Waals surface area contributed by atoms with Crippen LogP contribution in [-0.2, 0) is 24.9 Å². The molecule has 1 aliphatic heterocycles. The standard InChI is InChI=1S/C24H37N7O/c1-20-28-29-22(30(20)2)18-26-23(25-17-21-9-5-3-6-10-21)27-19-24(11-7-4-8-12-24)31-13-15-32-16-14-31/h3,5-6,9-10H,4,7-8,11-19H2,1-2H3,(H2,25,26,27). The summed E-state index contributed by atoms with van der Waals surface area (Å²) in [6.45, 7) is 7.79. The zero-order valence-corrected chi connectivity index (χ0v) is 19.5. The molecule has 4 rings (SSSR count). The summed E-state index contributed by atoms with van der Waals surface area (Å²) in [5.74, 6) is 2.64. The molecular formula is C24H37N7O. The Labute approximate surface area is 191 Å². The number of aryl methyl sites for hydroxylation is 1. The van der Waals surface area contributed by atoms with E-state index in [1.807, 2.05) is 24.6 Å². The second-order valence-corrected chi connectivity index (χ2v) is 8.96. The molecule has 2 aromatic rings. The molecule has 0 unspecified atom stereocenters. The molecule has 0 atom stereocenters. The first-order valence-corrected chi connectivity index (χ1v) is 11.9. The summed E-state index contributed by atoms with van der Waals surface area (Å²) >= 11 is 0. The van der Waals surface area contributed by atoms with Gasteiger partial charge in [-0.3, -0.25) is 4.90 Å². The van der Waals surface area contributed by atoms with Crippen LogP contribution >= 0.6 is 0 Å². The fourth-order valence-corrected chi connectivity index (χ4v) is 4.80. The maximum Gasteiger partial charge on any atom is 0.192 e. The van der Waals surface area contributed by atoms with Gasteiger partial charge in [0, 0.05) is 32.2 Å². The van der Waals surface area contributed by atoms with Gasteiger partial charge in [0.1, 0.15) is 5.82 Å². The normalized spacial score (nSPS) is 19.6. The molecule has 1 aliphatic carbocycles. The molecule has 0 bridgehead atoms. The highest BCUT2D eigenvalue weighted by Crippen LogP contribution is 2.33. The van der Waals surface area contributed by atoms with Crippen molar-refractivity contribution in [2.75, 3.05) is 32.8 Å². The maximum atomic E-state index is 5.64. The fourth-order valence-electron chi connectivity index (χ4n) is 4.80. The highest BCUT2D eigenvalue weighted by Gasteiger charge is 2.38. The first-order chi connectivity index (χ1) is 15.7. The minimum atomic E-state index is 0.179. The molecule has 2 aliphatic rings. The van der Waals surface area contributed by atoms with Crippen LogP contribution in [-0.4, -0.2) is 64.0 Å². The van der Waals surface area contributed by atoms with E-state index in [-0.39, 0.29) is 5.54 Å². The van der Waals surface area contributed by atoms with E-state index in [1.165, 1.54) is 37.7 Å². The highest BCUT2D eigenvalue weighted by atomic mass is 16.5. The van der Waals surface area contributed by atoms with Gasteiger partial charge in [0.05, 0.1) is 26.3 Å². The number of morpholine rings is 1. The minimum absolute atomic E-state index is 0.179. The van der Waals surface area contributed by atoms with E-state index in [0.717, 1.165) is 50.5 Å². The van der Waals surface area contributed by atoms with Gasteiger partial charge < -0.3 is 19.9 Å². The molecule has 0 spiro atoms. The van der Waals surface area contributed by atoms with Crippen LogP contribution in [0.3, 0.4) is 0 Å². The van der Waals surface area contributed by atoms with E-state index in [2.05, 4.69) is 50.0 Å². The molecule has 1 saturated heterocycles. The van der Waals surface area contributed by atoms with E-state index < -0.39 is 0 Å². The van der Waals surface area contributed by atoms with Gasteiger partial charge in [-0.05, 0) is 25.3 Å². The van der Waals surface area contributed by atoms with Crippen LogP contribution in [0.25, 0.3) is 0 Å². The van der Waals surface area contributed by atoms with Crippen molar-refractivity contribution < 1.29 is 4.74 Å². The van der Waals surface area contributed by atoms with Crippen molar-refractivity contribution in [3.8, 4) is 0 Å². The molecule has 2 heterocycles. The summed E-state index contributed by atoms with van der Waals surface area (Å²) in [7, 11) is 2.00. The van der Waals surface area contributed by atoms with Gasteiger partial charge >= 0.3 is 0 Å². The number of benzene rings is 1. The molecule has 8 heteroatoms. The number of rotatable bonds is 7. The summed E-state index contributed by atoms with van der Waals surface area (Å²) in [5, 5.41) is 15.6. The lowest BCUT2D eigenvalue weighted by Crippen LogP contribution is -2.60. The van der Waals surface area contributed by atoms with Crippen LogP contribution in [0, 0.1) is 6.92 Å². The molecule has 1 aromatic carbocycles. The van der Waals surface area contributed by atoms with Crippen molar-refractivity contribution >= 4 is 5.96 Å². The molecule has 2 fully saturated rings. The van der Waals surface area contributed by atoms with Crippen molar-refractivity contribution in [3.05, 3.63) is 47.5 Å². The molecule has 2 N–H and O–H groups in total. The van der Waals surface area contributed by atoms with Crippen LogP contribution in [0.2, 0.25) is 0 Å². The molecular weight excluding hydrogens is 402 g/mol. The van der Waals surface area contributed by atoms with Crippen LogP contribution in [0.15, 0.2) is 35.3 Å². The van der Waals surface area contributed by atoms with Gasteiger partial charge in [-0.1, -0.05) is 49.6 Å². The fraction of sp³-hybridized carbons (Fsp3) is 0.625. The number of ether oxygens (including phenoxy) is 1. The molecule has 1 saturated carbocycles. The van der Waals surface area contributed by atoms with Gasteiger partial charge in [-0.15, -0.1) is 10.2 Å². The largest absolute Gasteiger partial charge is 0.379 e. The smallest absolute Gasteiger partial charge is 0.192 e.